The third kappa shape index (κ3) is 8.33. The number of hydrogen-bond donors (Lipinski definition) is 2. The standard InChI is InChI=1S/C19H30FN3O2S.HI/c1-4-26(24)18-7-5-6-16(12-18)23-19(21-3)22-13-14(2)25-17-10-8-15(20)9-11-17;/h8-11,14,16,18H,4-7,12-13H2,1-3H3,(H2,21,22,23);1H. The van der Waals surface area contributed by atoms with Gasteiger partial charge in [0.25, 0.3) is 0 Å². The first-order valence-corrected chi connectivity index (χ1v) is 10.7. The zero-order chi connectivity index (χ0) is 18.9. The molecule has 0 spiro atoms. The van der Waals surface area contributed by atoms with Gasteiger partial charge in [0.05, 0.1) is 6.54 Å². The predicted octanol–water partition coefficient (Wildman–Crippen LogP) is 3.46. The normalized spacial score (nSPS) is 22.3. The van der Waals surface area contributed by atoms with E-state index in [9.17, 15) is 8.60 Å². The molecule has 154 valence electrons. The van der Waals surface area contributed by atoms with Crippen molar-refractivity contribution >= 4 is 40.7 Å². The first-order valence-electron chi connectivity index (χ1n) is 9.28. The number of rotatable bonds is 7. The minimum atomic E-state index is -0.733. The first kappa shape index (κ1) is 24.1. The molecule has 2 N–H and O–H groups in total. The van der Waals surface area contributed by atoms with Crippen LogP contribution in [-0.4, -0.2) is 46.9 Å². The van der Waals surface area contributed by atoms with Crippen molar-refractivity contribution in [3.8, 4) is 5.75 Å². The predicted molar refractivity (Wildman–Crippen MR) is 121 cm³/mol. The molecule has 0 radical (unpaired) electrons. The van der Waals surface area contributed by atoms with Crippen LogP contribution in [0.5, 0.6) is 5.75 Å². The Hall–Kier alpha value is -0.900. The van der Waals surface area contributed by atoms with Gasteiger partial charge in [-0.05, 0) is 50.5 Å². The molecular weight excluding hydrogens is 480 g/mol. The van der Waals surface area contributed by atoms with Crippen LogP contribution in [0.3, 0.4) is 0 Å². The number of nitrogens with one attached hydrogen (secondary N) is 2. The van der Waals surface area contributed by atoms with Crippen molar-refractivity contribution in [2.45, 2.75) is 56.9 Å². The highest BCUT2D eigenvalue weighted by molar-refractivity contribution is 14.0. The van der Waals surface area contributed by atoms with Gasteiger partial charge < -0.3 is 15.4 Å². The number of guanidine groups is 1. The lowest BCUT2D eigenvalue weighted by Crippen LogP contribution is -2.48. The molecule has 0 aliphatic heterocycles. The van der Waals surface area contributed by atoms with Crippen molar-refractivity contribution in [1.82, 2.24) is 10.6 Å². The zero-order valence-electron chi connectivity index (χ0n) is 16.2. The third-order valence-electron chi connectivity index (χ3n) is 4.55. The maximum absolute atomic E-state index is 12.9. The van der Waals surface area contributed by atoms with Crippen LogP contribution in [0.25, 0.3) is 0 Å². The van der Waals surface area contributed by atoms with Gasteiger partial charge in [0.1, 0.15) is 17.7 Å². The molecule has 2 rings (SSSR count). The molecular formula is C19H31FIN3O2S. The fourth-order valence-corrected chi connectivity index (χ4v) is 4.51. The molecule has 0 heterocycles. The summed E-state index contributed by atoms with van der Waals surface area (Å²) in [6, 6.07) is 6.30. The number of benzene rings is 1. The summed E-state index contributed by atoms with van der Waals surface area (Å²) >= 11 is 0. The van der Waals surface area contributed by atoms with Gasteiger partial charge >= 0.3 is 0 Å². The van der Waals surface area contributed by atoms with E-state index < -0.39 is 10.8 Å². The van der Waals surface area contributed by atoms with E-state index in [1.165, 1.54) is 12.1 Å². The first-order chi connectivity index (χ1) is 12.5. The lowest BCUT2D eigenvalue weighted by Gasteiger charge is -2.30. The third-order valence-corrected chi connectivity index (χ3v) is 6.30. The number of ether oxygens (including phenoxy) is 1. The second kappa shape index (κ2) is 12.5. The van der Waals surface area contributed by atoms with Crippen LogP contribution in [0.2, 0.25) is 0 Å². The number of nitrogens with zero attached hydrogens (tertiary/aromatic N) is 1. The summed E-state index contributed by atoms with van der Waals surface area (Å²) in [5.41, 5.74) is 0. The summed E-state index contributed by atoms with van der Waals surface area (Å²) in [5, 5.41) is 6.99. The van der Waals surface area contributed by atoms with Gasteiger partial charge in [-0.1, -0.05) is 13.3 Å². The van der Waals surface area contributed by atoms with Gasteiger partial charge in [-0.25, -0.2) is 4.39 Å². The highest BCUT2D eigenvalue weighted by Crippen LogP contribution is 2.23. The largest absolute Gasteiger partial charge is 0.489 e. The van der Waals surface area contributed by atoms with Gasteiger partial charge in [0.2, 0.25) is 0 Å². The van der Waals surface area contributed by atoms with Crippen LogP contribution in [-0.2, 0) is 10.8 Å². The van der Waals surface area contributed by atoms with Crippen LogP contribution in [0.15, 0.2) is 29.3 Å². The highest BCUT2D eigenvalue weighted by Gasteiger charge is 2.26. The summed E-state index contributed by atoms with van der Waals surface area (Å²) in [7, 11) is 1.01. The Kier molecular flexibility index (Phi) is 11.2. The van der Waals surface area contributed by atoms with Crippen LogP contribution in [0.1, 0.15) is 39.5 Å². The Morgan fingerprint density at radius 1 is 1.37 bits per heavy atom. The molecule has 0 saturated heterocycles. The Morgan fingerprint density at radius 3 is 2.70 bits per heavy atom. The van der Waals surface area contributed by atoms with E-state index >= 15 is 0 Å². The van der Waals surface area contributed by atoms with Crippen LogP contribution in [0, 0.1) is 5.82 Å². The lowest BCUT2D eigenvalue weighted by molar-refractivity contribution is 0.223. The highest BCUT2D eigenvalue weighted by atomic mass is 127. The molecule has 27 heavy (non-hydrogen) atoms. The molecule has 1 aliphatic carbocycles. The number of halogens is 2. The second-order valence-corrected chi connectivity index (χ2v) is 8.64. The van der Waals surface area contributed by atoms with E-state index in [4.69, 9.17) is 4.74 Å². The van der Waals surface area contributed by atoms with Crippen LogP contribution >= 0.6 is 24.0 Å². The molecule has 0 aromatic heterocycles. The monoisotopic (exact) mass is 511 g/mol. The van der Waals surface area contributed by atoms with Gasteiger partial charge in [0, 0.05) is 34.9 Å². The van der Waals surface area contributed by atoms with Crippen molar-refractivity contribution in [2.24, 2.45) is 4.99 Å². The zero-order valence-corrected chi connectivity index (χ0v) is 19.4. The molecule has 1 aromatic carbocycles. The van der Waals surface area contributed by atoms with E-state index in [2.05, 4.69) is 15.6 Å². The van der Waals surface area contributed by atoms with Crippen LogP contribution in [0.4, 0.5) is 4.39 Å². The van der Waals surface area contributed by atoms with Crippen molar-refractivity contribution in [1.29, 1.82) is 0 Å². The van der Waals surface area contributed by atoms with Crippen molar-refractivity contribution in [3.05, 3.63) is 30.1 Å². The van der Waals surface area contributed by atoms with E-state index in [1.807, 2.05) is 13.8 Å². The lowest BCUT2D eigenvalue weighted by atomic mass is 9.95. The minimum absolute atomic E-state index is 0. The summed E-state index contributed by atoms with van der Waals surface area (Å²) in [5.74, 6) is 1.82. The molecule has 1 aliphatic rings. The minimum Gasteiger partial charge on any atom is -0.489 e. The van der Waals surface area contributed by atoms with Crippen molar-refractivity contribution in [2.75, 3.05) is 19.3 Å². The van der Waals surface area contributed by atoms with Crippen molar-refractivity contribution < 1.29 is 13.3 Å². The van der Waals surface area contributed by atoms with E-state index in [1.54, 1.807) is 19.2 Å². The summed E-state index contributed by atoms with van der Waals surface area (Å²) in [6.07, 6.45) is 4.04. The SMILES string of the molecule is CCS(=O)C1CCCC(NC(=NC)NCC(C)Oc2ccc(F)cc2)C1.I. The average molecular weight is 511 g/mol. The van der Waals surface area contributed by atoms with Crippen LogP contribution < -0.4 is 15.4 Å². The topological polar surface area (TPSA) is 62.7 Å². The van der Waals surface area contributed by atoms with Gasteiger partial charge in [-0.15, -0.1) is 24.0 Å². The van der Waals surface area contributed by atoms with E-state index in [-0.39, 0.29) is 41.1 Å². The Morgan fingerprint density at radius 2 is 2.07 bits per heavy atom. The van der Waals surface area contributed by atoms with Gasteiger partial charge in [-0.3, -0.25) is 9.20 Å². The Labute approximate surface area is 181 Å². The Balaban J connectivity index is 0.00000364. The van der Waals surface area contributed by atoms with E-state index in [0.29, 0.717) is 18.3 Å². The summed E-state index contributed by atoms with van der Waals surface area (Å²) < 4.78 is 30.8. The number of aliphatic imine (C=N–C) groups is 1. The fourth-order valence-electron chi connectivity index (χ4n) is 3.17. The molecule has 1 fully saturated rings. The smallest absolute Gasteiger partial charge is 0.191 e. The van der Waals surface area contributed by atoms with E-state index in [0.717, 1.165) is 37.4 Å². The fraction of sp³-hybridized carbons (Fsp3) is 0.632. The van der Waals surface area contributed by atoms with Crippen molar-refractivity contribution in [3.63, 3.8) is 0 Å². The van der Waals surface area contributed by atoms with Gasteiger partial charge in [-0.2, -0.15) is 0 Å². The molecule has 0 amide bonds. The molecule has 5 nitrogen and oxygen atoms in total. The molecule has 4 atom stereocenters. The quantitative estimate of drug-likeness (QED) is 0.335. The number of hydrogen-bond acceptors (Lipinski definition) is 3. The molecule has 0 bridgehead atoms. The molecule has 1 saturated carbocycles. The summed E-state index contributed by atoms with van der Waals surface area (Å²) in [6.45, 7) is 4.51. The average Bonchev–Trinajstić information content (AvgIpc) is 2.66. The Bertz CT molecular complexity index is 615. The molecule has 1 aromatic rings. The van der Waals surface area contributed by atoms with Gasteiger partial charge in [0.15, 0.2) is 5.96 Å². The maximum Gasteiger partial charge on any atom is 0.191 e. The summed E-state index contributed by atoms with van der Waals surface area (Å²) in [4.78, 5) is 4.28. The second-order valence-electron chi connectivity index (χ2n) is 6.63. The molecule has 8 heteroatoms. The maximum atomic E-state index is 12.9. The molecule has 4 unspecified atom stereocenters.